The lowest BCUT2D eigenvalue weighted by Gasteiger charge is -2.10. The number of allylic oxidation sites excluding steroid dienone is 1. The third-order valence-electron chi connectivity index (χ3n) is 4.24. The normalized spacial score (nSPS) is 11.0. The molecule has 0 spiro atoms. The van der Waals surface area contributed by atoms with Crippen molar-refractivity contribution in [1.82, 2.24) is 9.55 Å². The van der Waals surface area contributed by atoms with E-state index in [1.54, 1.807) is 17.6 Å². The molecule has 3 rings (SSSR count). The van der Waals surface area contributed by atoms with E-state index in [1.165, 1.54) is 28.7 Å². The number of hydrogen-bond acceptors (Lipinski definition) is 5. The van der Waals surface area contributed by atoms with E-state index in [0.29, 0.717) is 23.5 Å². The quantitative estimate of drug-likeness (QED) is 0.230. The summed E-state index contributed by atoms with van der Waals surface area (Å²) in [6.45, 7) is 7.84. The van der Waals surface area contributed by atoms with E-state index in [0.717, 1.165) is 28.1 Å². The number of rotatable bonds is 8. The number of carbonyl (C=O) groups excluding carboxylic acids is 1. The molecule has 4 nitrogen and oxygen atoms in total. The number of nitrogens with zero attached hydrogens (tertiary/aromatic N) is 2. The predicted octanol–water partition coefficient (Wildman–Crippen LogP) is 5.08. The molecule has 0 unspecified atom stereocenters. The second-order valence-electron chi connectivity index (χ2n) is 6.45. The SMILES string of the molecule is C=CCn1c(SCCCC(C)=O)nc2scc(-c3ccc(C)cc3)c2c1=O. The molecule has 0 saturated heterocycles. The van der Waals surface area contributed by atoms with Gasteiger partial charge in [-0.3, -0.25) is 9.36 Å². The summed E-state index contributed by atoms with van der Waals surface area (Å²) in [5.41, 5.74) is 3.10. The molecule has 0 radical (unpaired) electrons. The van der Waals surface area contributed by atoms with Gasteiger partial charge >= 0.3 is 0 Å². The zero-order chi connectivity index (χ0) is 19.4. The maximum atomic E-state index is 13.2. The molecule has 1 aromatic carbocycles. The smallest absolute Gasteiger partial charge is 0.263 e. The van der Waals surface area contributed by atoms with E-state index in [1.807, 2.05) is 36.6 Å². The Labute approximate surface area is 167 Å². The van der Waals surface area contributed by atoms with Crippen molar-refractivity contribution >= 4 is 39.1 Å². The second kappa shape index (κ2) is 8.67. The number of carbonyl (C=O) groups is 1. The number of aromatic nitrogens is 2. The number of aryl methyl sites for hydroxylation is 1. The molecule has 0 fully saturated rings. The summed E-state index contributed by atoms with van der Waals surface area (Å²) in [5, 5.41) is 3.36. The molecule has 0 bridgehead atoms. The van der Waals surface area contributed by atoms with Gasteiger partial charge in [-0.15, -0.1) is 17.9 Å². The molecule has 0 aliphatic carbocycles. The van der Waals surface area contributed by atoms with Crippen molar-refractivity contribution in [1.29, 1.82) is 0 Å². The highest BCUT2D eigenvalue weighted by Gasteiger charge is 2.17. The van der Waals surface area contributed by atoms with E-state index in [-0.39, 0.29) is 11.3 Å². The average Bonchev–Trinajstić information content (AvgIpc) is 3.06. The molecule has 0 aliphatic rings. The fraction of sp³-hybridized carbons (Fsp3) is 0.286. The van der Waals surface area contributed by atoms with Crippen LogP contribution in [0.2, 0.25) is 0 Å². The first-order valence-corrected chi connectivity index (χ1v) is 10.7. The fourth-order valence-corrected chi connectivity index (χ4v) is 4.77. The summed E-state index contributed by atoms with van der Waals surface area (Å²) >= 11 is 3.02. The lowest BCUT2D eigenvalue weighted by Crippen LogP contribution is -2.22. The van der Waals surface area contributed by atoms with Gasteiger partial charge in [-0.2, -0.15) is 0 Å². The lowest BCUT2D eigenvalue weighted by atomic mass is 10.1. The number of thioether (sulfide) groups is 1. The molecule has 27 heavy (non-hydrogen) atoms. The molecule has 0 saturated carbocycles. The maximum Gasteiger partial charge on any atom is 0.263 e. The van der Waals surface area contributed by atoms with Crippen LogP contribution in [0.3, 0.4) is 0 Å². The predicted molar refractivity (Wildman–Crippen MR) is 115 cm³/mol. The van der Waals surface area contributed by atoms with E-state index in [9.17, 15) is 9.59 Å². The van der Waals surface area contributed by atoms with Crippen LogP contribution in [0.5, 0.6) is 0 Å². The van der Waals surface area contributed by atoms with Crippen LogP contribution in [0.4, 0.5) is 0 Å². The molecule has 6 heteroatoms. The van der Waals surface area contributed by atoms with Gasteiger partial charge in [-0.25, -0.2) is 4.98 Å². The van der Waals surface area contributed by atoms with Crippen molar-refractivity contribution in [3.05, 3.63) is 58.2 Å². The molecule has 0 N–H and O–H groups in total. The van der Waals surface area contributed by atoms with Crippen LogP contribution in [-0.4, -0.2) is 21.1 Å². The van der Waals surface area contributed by atoms with E-state index in [4.69, 9.17) is 4.98 Å². The summed E-state index contributed by atoms with van der Waals surface area (Å²) in [6, 6.07) is 8.18. The Balaban J connectivity index is 2.02. The molecule has 0 atom stereocenters. The molecule has 0 aliphatic heterocycles. The van der Waals surface area contributed by atoms with Crippen LogP contribution in [-0.2, 0) is 11.3 Å². The monoisotopic (exact) mass is 398 g/mol. The third kappa shape index (κ3) is 4.39. The van der Waals surface area contributed by atoms with Gasteiger partial charge < -0.3 is 4.79 Å². The Morgan fingerprint density at radius 2 is 2.07 bits per heavy atom. The standard InChI is InChI=1S/C21H22N2O2S2/c1-4-11-23-20(25)18-17(16-9-7-14(2)8-10-16)13-27-19(18)22-21(23)26-12-5-6-15(3)24/h4,7-10,13H,1,5-6,11-12H2,2-3H3. The minimum absolute atomic E-state index is 0.0363. The van der Waals surface area contributed by atoms with Crippen molar-refractivity contribution in [3.8, 4) is 11.1 Å². The van der Waals surface area contributed by atoms with Gasteiger partial charge in [0.05, 0.1) is 5.39 Å². The van der Waals surface area contributed by atoms with Crippen molar-refractivity contribution in [2.75, 3.05) is 5.75 Å². The highest BCUT2D eigenvalue weighted by atomic mass is 32.2. The van der Waals surface area contributed by atoms with Crippen LogP contribution in [0.25, 0.3) is 21.3 Å². The Bertz CT molecular complexity index is 1030. The summed E-state index contributed by atoms with van der Waals surface area (Å²) in [5.74, 6) is 0.939. The van der Waals surface area contributed by atoms with E-state index < -0.39 is 0 Å². The van der Waals surface area contributed by atoms with E-state index in [2.05, 4.69) is 6.58 Å². The minimum Gasteiger partial charge on any atom is -0.300 e. The minimum atomic E-state index is -0.0363. The molecule has 3 aromatic rings. The van der Waals surface area contributed by atoms with Crippen LogP contribution in [0.1, 0.15) is 25.3 Å². The molecule has 0 amide bonds. The molecular formula is C21H22N2O2S2. The Morgan fingerprint density at radius 3 is 2.74 bits per heavy atom. The number of fused-ring (bicyclic) bond motifs is 1. The maximum absolute atomic E-state index is 13.2. The van der Waals surface area contributed by atoms with Crippen molar-refractivity contribution < 1.29 is 4.79 Å². The summed E-state index contributed by atoms with van der Waals surface area (Å²) in [6.07, 6.45) is 3.05. The zero-order valence-electron chi connectivity index (χ0n) is 15.5. The number of benzene rings is 1. The van der Waals surface area contributed by atoms with Gasteiger partial charge in [0, 0.05) is 29.7 Å². The fourth-order valence-electron chi connectivity index (χ4n) is 2.84. The third-order valence-corrected chi connectivity index (χ3v) is 6.17. The van der Waals surface area contributed by atoms with Crippen molar-refractivity contribution in [3.63, 3.8) is 0 Å². The van der Waals surface area contributed by atoms with Gasteiger partial charge in [0.2, 0.25) is 0 Å². The largest absolute Gasteiger partial charge is 0.300 e. The number of Topliss-reactive ketones (excluding diaryl/α,β-unsaturated/α-hetero) is 1. The number of hydrogen-bond donors (Lipinski definition) is 0. The zero-order valence-corrected chi connectivity index (χ0v) is 17.2. The van der Waals surface area contributed by atoms with Gasteiger partial charge in [0.25, 0.3) is 5.56 Å². The Morgan fingerprint density at radius 1 is 1.33 bits per heavy atom. The van der Waals surface area contributed by atoms with Crippen molar-refractivity contribution in [2.24, 2.45) is 0 Å². The Kier molecular flexibility index (Phi) is 6.29. The first kappa shape index (κ1) is 19.6. The van der Waals surface area contributed by atoms with Gasteiger partial charge in [0.1, 0.15) is 10.6 Å². The summed E-state index contributed by atoms with van der Waals surface area (Å²) in [4.78, 5) is 29.8. The van der Waals surface area contributed by atoms with Gasteiger partial charge in [-0.05, 0) is 25.8 Å². The van der Waals surface area contributed by atoms with Crippen LogP contribution < -0.4 is 5.56 Å². The number of thiophene rings is 1. The van der Waals surface area contributed by atoms with Gasteiger partial charge in [-0.1, -0.05) is 47.7 Å². The lowest BCUT2D eigenvalue weighted by molar-refractivity contribution is -0.117. The molecule has 140 valence electrons. The van der Waals surface area contributed by atoms with Crippen LogP contribution in [0, 0.1) is 6.92 Å². The van der Waals surface area contributed by atoms with Gasteiger partial charge in [0.15, 0.2) is 5.16 Å². The average molecular weight is 399 g/mol. The molecule has 2 aromatic heterocycles. The Hall–Kier alpha value is -2.18. The molecular weight excluding hydrogens is 376 g/mol. The molecule has 2 heterocycles. The van der Waals surface area contributed by atoms with Crippen LogP contribution in [0.15, 0.2) is 52.3 Å². The summed E-state index contributed by atoms with van der Waals surface area (Å²) in [7, 11) is 0. The van der Waals surface area contributed by atoms with E-state index >= 15 is 0 Å². The topological polar surface area (TPSA) is 52.0 Å². The second-order valence-corrected chi connectivity index (χ2v) is 8.37. The summed E-state index contributed by atoms with van der Waals surface area (Å²) < 4.78 is 1.68. The first-order chi connectivity index (χ1) is 13.0. The highest BCUT2D eigenvalue weighted by molar-refractivity contribution is 7.99. The number of ketones is 1. The van der Waals surface area contributed by atoms with Crippen molar-refractivity contribution in [2.45, 2.75) is 38.4 Å². The highest BCUT2D eigenvalue weighted by Crippen LogP contribution is 2.32. The van der Waals surface area contributed by atoms with Crippen LogP contribution >= 0.6 is 23.1 Å². The first-order valence-electron chi connectivity index (χ1n) is 8.83.